The summed E-state index contributed by atoms with van der Waals surface area (Å²) in [5.41, 5.74) is 3.77. The first-order chi connectivity index (χ1) is 13.1. The summed E-state index contributed by atoms with van der Waals surface area (Å²) in [5.74, 6) is 0.736. The van der Waals surface area contributed by atoms with Crippen LogP contribution in [0.3, 0.4) is 0 Å². The first kappa shape index (κ1) is 17.4. The van der Waals surface area contributed by atoms with Gasteiger partial charge >= 0.3 is 0 Å². The number of hydrogen-bond donors (Lipinski definition) is 1. The number of fused-ring (bicyclic) bond motifs is 1. The fourth-order valence-corrected chi connectivity index (χ4v) is 3.71. The highest BCUT2D eigenvalue weighted by molar-refractivity contribution is 6.04. The molecule has 0 radical (unpaired) electrons. The van der Waals surface area contributed by atoms with Crippen molar-refractivity contribution in [1.29, 1.82) is 0 Å². The Balaban J connectivity index is 1.50. The van der Waals surface area contributed by atoms with Gasteiger partial charge in [-0.1, -0.05) is 25.1 Å². The molecule has 1 fully saturated rings. The summed E-state index contributed by atoms with van der Waals surface area (Å²) in [6, 6.07) is 11.3. The van der Waals surface area contributed by atoms with Gasteiger partial charge in [-0.2, -0.15) is 0 Å². The molecule has 2 aliphatic heterocycles. The second-order valence-electron chi connectivity index (χ2n) is 6.90. The van der Waals surface area contributed by atoms with Crippen LogP contribution in [0.5, 0.6) is 11.5 Å². The zero-order chi connectivity index (χ0) is 19.0. The molecule has 140 valence electrons. The maximum atomic E-state index is 12.7. The topological polar surface area (TPSA) is 67.9 Å². The first-order valence-electron chi connectivity index (χ1n) is 9.16. The second kappa shape index (κ2) is 6.95. The molecule has 1 unspecified atom stereocenters. The molecule has 1 saturated heterocycles. The zero-order valence-electron chi connectivity index (χ0n) is 15.5. The lowest BCUT2D eigenvalue weighted by Crippen LogP contribution is -2.29. The Morgan fingerprint density at radius 1 is 1.22 bits per heavy atom. The highest BCUT2D eigenvalue weighted by Crippen LogP contribution is 2.35. The molecule has 6 heteroatoms. The number of carbonyl (C=O) groups excluding carboxylic acids is 2. The number of hydrogen-bond acceptors (Lipinski definition) is 4. The normalized spacial score (nSPS) is 18.1. The number of amides is 2. The third-order valence-corrected chi connectivity index (χ3v) is 5.11. The highest BCUT2D eigenvalue weighted by atomic mass is 16.7. The van der Waals surface area contributed by atoms with Crippen LogP contribution in [0.2, 0.25) is 0 Å². The Kier molecular flexibility index (Phi) is 4.48. The fourth-order valence-electron chi connectivity index (χ4n) is 3.71. The molecule has 0 aromatic heterocycles. The van der Waals surface area contributed by atoms with Gasteiger partial charge in [-0.25, -0.2) is 0 Å². The quantitative estimate of drug-likeness (QED) is 0.902. The Hall–Kier alpha value is -3.02. The van der Waals surface area contributed by atoms with Crippen molar-refractivity contribution in [1.82, 2.24) is 0 Å². The lowest BCUT2D eigenvalue weighted by Gasteiger charge is -2.22. The third-order valence-electron chi connectivity index (χ3n) is 5.11. The molecule has 0 saturated carbocycles. The summed E-state index contributed by atoms with van der Waals surface area (Å²) in [7, 11) is 0. The first-order valence-corrected chi connectivity index (χ1v) is 9.16. The van der Waals surface area contributed by atoms with Gasteiger partial charge in [0.2, 0.25) is 18.6 Å². The van der Waals surface area contributed by atoms with Gasteiger partial charge in [0, 0.05) is 30.4 Å². The number of ether oxygens (including phenoxy) is 2. The third kappa shape index (κ3) is 3.23. The number of carbonyl (C=O) groups is 2. The molecule has 1 atom stereocenters. The minimum absolute atomic E-state index is 0.00941. The Morgan fingerprint density at radius 3 is 2.85 bits per heavy atom. The molecule has 0 bridgehead atoms. The molecule has 2 aromatic carbocycles. The zero-order valence-corrected chi connectivity index (χ0v) is 15.5. The van der Waals surface area contributed by atoms with Gasteiger partial charge in [-0.05, 0) is 36.6 Å². The van der Waals surface area contributed by atoms with Gasteiger partial charge in [-0.3, -0.25) is 9.59 Å². The molecular formula is C21H22N2O4. The van der Waals surface area contributed by atoms with Crippen molar-refractivity contribution in [2.45, 2.75) is 26.7 Å². The maximum Gasteiger partial charge on any atom is 0.231 e. The van der Waals surface area contributed by atoms with E-state index < -0.39 is 0 Å². The van der Waals surface area contributed by atoms with Crippen LogP contribution in [0, 0.1) is 12.8 Å². The van der Waals surface area contributed by atoms with E-state index in [1.54, 1.807) is 23.1 Å². The molecule has 2 heterocycles. The fraction of sp³-hybridized carbons (Fsp3) is 0.333. The molecule has 2 aromatic rings. The van der Waals surface area contributed by atoms with Crippen LogP contribution in [0.1, 0.15) is 24.5 Å². The lowest BCUT2D eigenvalue weighted by atomic mass is 10.0. The molecule has 0 aliphatic carbocycles. The second-order valence-corrected chi connectivity index (χ2v) is 6.90. The van der Waals surface area contributed by atoms with Crippen molar-refractivity contribution in [3.05, 3.63) is 47.5 Å². The number of benzene rings is 2. The lowest BCUT2D eigenvalue weighted by molar-refractivity contribution is -0.122. The van der Waals surface area contributed by atoms with Crippen molar-refractivity contribution < 1.29 is 19.1 Å². The number of nitrogens with zero attached hydrogens (tertiary/aromatic N) is 1. The van der Waals surface area contributed by atoms with E-state index in [4.69, 9.17) is 9.47 Å². The van der Waals surface area contributed by atoms with Crippen LogP contribution in [0.25, 0.3) is 0 Å². The summed E-state index contributed by atoms with van der Waals surface area (Å²) >= 11 is 0. The molecule has 27 heavy (non-hydrogen) atoms. The average Bonchev–Trinajstić information content (AvgIpc) is 3.27. The van der Waals surface area contributed by atoms with E-state index in [-0.39, 0.29) is 30.9 Å². The van der Waals surface area contributed by atoms with E-state index in [9.17, 15) is 9.59 Å². The van der Waals surface area contributed by atoms with Crippen molar-refractivity contribution in [3.8, 4) is 11.5 Å². The minimum Gasteiger partial charge on any atom is -0.454 e. The number of aryl methyl sites for hydroxylation is 2. The molecule has 2 amide bonds. The molecule has 1 N–H and O–H groups in total. The molecular weight excluding hydrogens is 344 g/mol. The van der Waals surface area contributed by atoms with Crippen LogP contribution in [0.15, 0.2) is 36.4 Å². The van der Waals surface area contributed by atoms with Crippen LogP contribution < -0.4 is 19.7 Å². The average molecular weight is 366 g/mol. The van der Waals surface area contributed by atoms with Crippen molar-refractivity contribution in [2.75, 3.05) is 23.6 Å². The Bertz CT molecular complexity index is 909. The van der Waals surface area contributed by atoms with Crippen molar-refractivity contribution >= 4 is 23.2 Å². The van der Waals surface area contributed by atoms with E-state index in [0.717, 1.165) is 23.2 Å². The standard InChI is InChI=1S/C21H22N2O4/c1-3-14-6-4-5-13(2)20(14)23-11-15(9-19(23)24)21(25)22-16-7-8-17-18(10-16)27-12-26-17/h4-8,10,15H,3,9,11-12H2,1-2H3,(H,22,25). The minimum atomic E-state index is -0.382. The van der Waals surface area contributed by atoms with Crippen LogP contribution in [-0.2, 0) is 16.0 Å². The number of nitrogens with one attached hydrogen (secondary N) is 1. The Morgan fingerprint density at radius 2 is 2.04 bits per heavy atom. The monoisotopic (exact) mass is 366 g/mol. The van der Waals surface area contributed by atoms with E-state index in [1.165, 1.54) is 0 Å². The summed E-state index contributed by atoms with van der Waals surface area (Å²) in [6.45, 7) is 4.66. The SMILES string of the molecule is CCc1cccc(C)c1N1CC(C(=O)Nc2ccc3c(c2)OCO3)CC1=O. The van der Waals surface area contributed by atoms with Gasteiger partial charge < -0.3 is 19.7 Å². The van der Waals surface area contributed by atoms with Gasteiger partial charge in [-0.15, -0.1) is 0 Å². The van der Waals surface area contributed by atoms with Gasteiger partial charge in [0.05, 0.1) is 5.92 Å². The predicted molar refractivity (Wildman–Crippen MR) is 102 cm³/mol. The van der Waals surface area contributed by atoms with Crippen molar-refractivity contribution in [3.63, 3.8) is 0 Å². The van der Waals surface area contributed by atoms with E-state index in [0.29, 0.717) is 23.7 Å². The van der Waals surface area contributed by atoms with E-state index in [1.807, 2.05) is 25.1 Å². The van der Waals surface area contributed by atoms with Gasteiger partial charge in [0.1, 0.15) is 0 Å². The summed E-state index contributed by atoms with van der Waals surface area (Å²) in [6.07, 6.45) is 1.06. The largest absolute Gasteiger partial charge is 0.454 e. The molecule has 6 nitrogen and oxygen atoms in total. The van der Waals surface area contributed by atoms with E-state index in [2.05, 4.69) is 12.2 Å². The molecule has 2 aliphatic rings. The Labute approximate surface area is 158 Å². The van der Waals surface area contributed by atoms with Gasteiger partial charge in [0.25, 0.3) is 0 Å². The van der Waals surface area contributed by atoms with Crippen LogP contribution in [0.4, 0.5) is 11.4 Å². The highest BCUT2D eigenvalue weighted by Gasteiger charge is 2.36. The number of rotatable bonds is 4. The van der Waals surface area contributed by atoms with Gasteiger partial charge in [0.15, 0.2) is 11.5 Å². The summed E-state index contributed by atoms with van der Waals surface area (Å²) < 4.78 is 10.6. The van der Waals surface area contributed by atoms with Crippen molar-refractivity contribution in [2.24, 2.45) is 5.92 Å². The molecule has 0 spiro atoms. The number of para-hydroxylation sites is 1. The van der Waals surface area contributed by atoms with E-state index >= 15 is 0 Å². The van der Waals surface area contributed by atoms with Crippen LogP contribution >= 0.6 is 0 Å². The summed E-state index contributed by atoms with van der Waals surface area (Å²) in [5, 5.41) is 2.90. The smallest absolute Gasteiger partial charge is 0.231 e. The molecule has 4 rings (SSSR count). The predicted octanol–water partition coefficient (Wildman–Crippen LogP) is 3.28. The van der Waals surface area contributed by atoms with Crippen LogP contribution in [-0.4, -0.2) is 25.2 Å². The summed E-state index contributed by atoms with van der Waals surface area (Å²) in [4.78, 5) is 27.1. The maximum absolute atomic E-state index is 12.7. The number of anilines is 2.